The van der Waals surface area contributed by atoms with E-state index in [1.807, 2.05) is 29.2 Å². The fraction of sp³-hybridized carbons (Fsp3) is 0.375. The summed E-state index contributed by atoms with van der Waals surface area (Å²) in [6.45, 7) is 3.11. The lowest BCUT2D eigenvalue weighted by atomic mass is 10.1. The van der Waals surface area contributed by atoms with E-state index in [4.69, 9.17) is 10.00 Å². The predicted octanol–water partition coefficient (Wildman–Crippen LogP) is 3.62. The highest BCUT2D eigenvalue weighted by atomic mass is 16.5. The second-order valence-electron chi connectivity index (χ2n) is 4.73. The van der Waals surface area contributed by atoms with Crippen molar-refractivity contribution in [2.75, 3.05) is 7.11 Å². The van der Waals surface area contributed by atoms with Gasteiger partial charge in [-0.3, -0.25) is 4.68 Å². The minimum absolute atomic E-state index is 0.625. The summed E-state index contributed by atoms with van der Waals surface area (Å²) in [6, 6.07) is 7.57. The van der Waals surface area contributed by atoms with Gasteiger partial charge in [-0.25, -0.2) is 0 Å². The normalized spacial score (nSPS) is 10.2. The van der Waals surface area contributed by atoms with Gasteiger partial charge in [0.05, 0.1) is 24.9 Å². The zero-order valence-electron chi connectivity index (χ0n) is 12.0. The number of ether oxygens (including phenoxy) is 1. The maximum Gasteiger partial charge on any atom is 0.126 e. The Kier molecular flexibility index (Phi) is 4.78. The Balaban J connectivity index is 2.25. The number of hydrogen-bond donors (Lipinski definition) is 0. The number of rotatable bonds is 6. The average Bonchev–Trinajstić information content (AvgIpc) is 2.95. The molecule has 0 amide bonds. The Morgan fingerprint density at radius 3 is 2.90 bits per heavy atom. The summed E-state index contributed by atoms with van der Waals surface area (Å²) in [4.78, 5) is 0. The molecular weight excluding hydrogens is 250 g/mol. The Hall–Kier alpha value is -2.28. The van der Waals surface area contributed by atoms with E-state index in [2.05, 4.69) is 18.1 Å². The molecule has 0 fully saturated rings. The molecule has 0 aliphatic rings. The number of aromatic nitrogens is 2. The first-order chi connectivity index (χ1) is 9.78. The smallest absolute Gasteiger partial charge is 0.126 e. The molecule has 0 saturated carbocycles. The summed E-state index contributed by atoms with van der Waals surface area (Å²) in [7, 11) is 1.64. The Bertz CT molecular complexity index is 610. The quantitative estimate of drug-likeness (QED) is 0.752. The third kappa shape index (κ3) is 3.18. The van der Waals surface area contributed by atoms with Gasteiger partial charge in [-0.05, 0) is 24.6 Å². The molecule has 0 bridgehead atoms. The minimum atomic E-state index is 0.625. The molecule has 104 valence electrons. The highest BCUT2D eigenvalue weighted by Gasteiger charge is 2.09. The van der Waals surface area contributed by atoms with Crippen LogP contribution in [-0.2, 0) is 6.54 Å². The third-order valence-electron chi connectivity index (χ3n) is 3.26. The largest absolute Gasteiger partial charge is 0.496 e. The van der Waals surface area contributed by atoms with E-state index in [1.165, 1.54) is 12.8 Å². The van der Waals surface area contributed by atoms with Crippen molar-refractivity contribution in [1.29, 1.82) is 5.26 Å². The van der Waals surface area contributed by atoms with Crippen LogP contribution in [0.25, 0.3) is 11.1 Å². The van der Waals surface area contributed by atoms with E-state index in [0.29, 0.717) is 5.56 Å². The van der Waals surface area contributed by atoms with Gasteiger partial charge in [0.2, 0.25) is 0 Å². The molecule has 0 spiro atoms. The van der Waals surface area contributed by atoms with Gasteiger partial charge >= 0.3 is 0 Å². The second-order valence-corrected chi connectivity index (χ2v) is 4.73. The first-order valence-electron chi connectivity index (χ1n) is 6.89. The van der Waals surface area contributed by atoms with Gasteiger partial charge in [-0.2, -0.15) is 10.4 Å². The second kappa shape index (κ2) is 6.76. The SMILES string of the molecule is CCCCCn1cc(-c2cc(C#N)ccc2OC)cn1. The van der Waals surface area contributed by atoms with Crippen molar-refractivity contribution in [2.45, 2.75) is 32.7 Å². The van der Waals surface area contributed by atoms with Crippen LogP contribution in [0, 0.1) is 11.3 Å². The van der Waals surface area contributed by atoms with Gasteiger partial charge in [-0.15, -0.1) is 0 Å². The van der Waals surface area contributed by atoms with E-state index in [0.717, 1.165) is 29.8 Å². The van der Waals surface area contributed by atoms with Gasteiger partial charge in [0, 0.05) is 23.9 Å². The van der Waals surface area contributed by atoms with E-state index in [-0.39, 0.29) is 0 Å². The molecule has 0 N–H and O–H groups in total. The zero-order chi connectivity index (χ0) is 14.4. The monoisotopic (exact) mass is 269 g/mol. The first-order valence-corrected chi connectivity index (χ1v) is 6.89. The van der Waals surface area contributed by atoms with Crippen molar-refractivity contribution in [3.8, 4) is 22.9 Å². The third-order valence-corrected chi connectivity index (χ3v) is 3.26. The molecule has 0 unspecified atom stereocenters. The van der Waals surface area contributed by atoms with E-state index >= 15 is 0 Å². The van der Waals surface area contributed by atoms with Crippen LogP contribution in [0.5, 0.6) is 5.75 Å². The number of hydrogen-bond acceptors (Lipinski definition) is 3. The van der Waals surface area contributed by atoms with Crippen molar-refractivity contribution in [3.05, 3.63) is 36.2 Å². The number of aryl methyl sites for hydroxylation is 1. The highest BCUT2D eigenvalue weighted by molar-refractivity contribution is 5.71. The molecule has 0 saturated heterocycles. The predicted molar refractivity (Wildman–Crippen MR) is 78.5 cm³/mol. The number of nitriles is 1. The molecule has 0 radical (unpaired) electrons. The number of nitrogens with zero attached hydrogens (tertiary/aromatic N) is 3. The van der Waals surface area contributed by atoms with E-state index in [9.17, 15) is 0 Å². The fourth-order valence-corrected chi connectivity index (χ4v) is 2.15. The summed E-state index contributed by atoms with van der Waals surface area (Å²) in [6.07, 6.45) is 7.38. The summed E-state index contributed by atoms with van der Waals surface area (Å²) in [5, 5.41) is 13.4. The highest BCUT2D eigenvalue weighted by Crippen LogP contribution is 2.30. The minimum Gasteiger partial charge on any atom is -0.496 e. The Morgan fingerprint density at radius 1 is 1.35 bits per heavy atom. The molecule has 2 rings (SSSR count). The molecule has 0 atom stereocenters. The van der Waals surface area contributed by atoms with Crippen molar-refractivity contribution >= 4 is 0 Å². The molecule has 2 aromatic rings. The fourth-order valence-electron chi connectivity index (χ4n) is 2.15. The molecule has 1 aromatic carbocycles. The average molecular weight is 269 g/mol. The number of benzene rings is 1. The number of methoxy groups -OCH3 is 1. The topological polar surface area (TPSA) is 50.8 Å². The molecule has 1 aromatic heterocycles. The van der Waals surface area contributed by atoms with Gasteiger partial charge in [0.25, 0.3) is 0 Å². The van der Waals surface area contributed by atoms with Crippen LogP contribution in [0.15, 0.2) is 30.6 Å². The van der Waals surface area contributed by atoms with Crippen molar-refractivity contribution in [3.63, 3.8) is 0 Å². The van der Waals surface area contributed by atoms with E-state index in [1.54, 1.807) is 13.2 Å². The van der Waals surface area contributed by atoms with Crippen LogP contribution in [0.3, 0.4) is 0 Å². The zero-order valence-corrected chi connectivity index (χ0v) is 12.0. The van der Waals surface area contributed by atoms with Crippen LogP contribution in [-0.4, -0.2) is 16.9 Å². The summed E-state index contributed by atoms with van der Waals surface area (Å²) in [5.74, 6) is 0.761. The molecule has 0 aliphatic carbocycles. The molecule has 0 aliphatic heterocycles. The van der Waals surface area contributed by atoms with Crippen molar-refractivity contribution in [1.82, 2.24) is 9.78 Å². The summed E-state index contributed by atoms with van der Waals surface area (Å²) < 4.78 is 7.31. The number of unbranched alkanes of at least 4 members (excludes halogenated alkanes) is 2. The van der Waals surface area contributed by atoms with Gasteiger partial charge in [0.15, 0.2) is 0 Å². The van der Waals surface area contributed by atoms with Crippen LogP contribution in [0.2, 0.25) is 0 Å². The van der Waals surface area contributed by atoms with Gasteiger partial charge < -0.3 is 4.74 Å². The Morgan fingerprint density at radius 2 is 2.20 bits per heavy atom. The molecule has 4 nitrogen and oxygen atoms in total. The van der Waals surface area contributed by atoms with Crippen LogP contribution >= 0.6 is 0 Å². The van der Waals surface area contributed by atoms with Crippen LogP contribution in [0.1, 0.15) is 31.7 Å². The lowest BCUT2D eigenvalue weighted by molar-refractivity contribution is 0.416. The van der Waals surface area contributed by atoms with Crippen LogP contribution in [0.4, 0.5) is 0 Å². The lowest BCUT2D eigenvalue weighted by Crippen LogP contribution is -1.97. The molecule has 20 heavy (non-hydrogen) atoms. The van der Waals surface area contributed by atoms with E-state index < -0.39 is 0 Å². The first kappa shape index (κ1) is 14.1. The maximum atomic E-state index is 9.01. The summed E-state index contributed by atoms with van der Waals surface area (Å²) in [5.41, 5.74) is 2.52. The van der Waals surface area contributed by atoms with Crippen molar-refractivity contribution in [2.24, 2.45) is 0 Å². The lowest BCUT2D eigenvalue weighted by Gasteiger charge is -2.06. The summed E-state index contributed by atoms with van der Waals surface area (Å²) >= 11 is 0. The Labute approximate surface area is 119 Å². The van der Waals surface area contributed by atoms with Gasteiger partial charge in [0.1, 0.15) is 5.75 Å². The van der Waals surface area contributed by atoms with Gasteiger partial charge in [-0.1, -0.05) is 19.8 Å². The molecule has 1 heterocycles. The molecular formula is C16H19N3O. The van der Waals surface area contributed by atoms with Crippen LogP contribution < -0.4 is 4.74 Å². The van der Waals surface area contributed by atoms with Crippen molar-refractivity contribution < 1.29 is 4.74 Å². The maximum absolute atomic E-state index is 9.01. The standard InChI is InChI=1S/C16H19N3O/c1-3-4-5-8-19-12-14(11-18-19)15-9-13(10-17)6-7-16(15)20-2/h6-7,9,11-12H,3-5,8H2,1-2H3. The molecule has 4 heteroatoms.